The molecule has 3 aromatic rings. The Morgan fingerprint density at radius 3 is 2.50 bits per heavy atom. The van der Waals surface area contributed by atoms with Gasteiger partial charge in [0.05, 0.1) is 17.8 Å². The minimum atomic E-state index is -0.520. The molecule has 1 aromatic carbocycles. The quantitative estimate of drug-likeness (QED) is 0.442. The summed E-state index contributed by atoms with van der Waals surface area (Å²) < 4.78 is 2.07. The summed E-state index contributed by atoms with van der Waals surface area (Å²) in [5, 5.41) is 14.5. The van der Waals surface area contributed by atoms with Gasteiger partial charge < -0.3 is 10.6 Å². The number of nitrogens with zero attached hydrogens (tertiary/aromatic N) is 4. The monoisotopic (exact) mass is 520 g/mol. The lowest BCUT2D eigenvalue weighted by Crippen LogP contribution is -2.44. The number of aromatic nitrogens is 4. The number of carbonyl (C=O) groups is 2. The molecule has 1 saturated carbocycles. The van der Waals surface area contributed by atoms with Crippen LogP contribution in [0.15, 0.2) is 30.3 Å². The molecule has 11 heteroatoms. The molecule has 2 aromatic heterocycles. The van der Waals surface area contributed by atoms with Crippen molar-refractivity contribution in [2.75, 3.05) is 0 Å². The number of rotatable bonds is 8. The van der Waals surface area contributed by atoms with E-state index in [1.807, 2.05) is 48.9 Å². The van der Waals surface area contributed by atoms with E-state index in [2.05, 4.69) is 25.9 Å². The molecule has 1 fully saturated rings. The van der Waals surface area contributed by atoms with E-state index in [0.29, 0.717) is 11.6 Å². The van der Waals surface area contributed by atoms with Gasteiger partial charge in [0.25, 0.3) is 11.8 Å². The van der Waals surface area contributed by atoms with Crippen LogP contribution in [0.1, 0.15) is 70.2 Å². The molecule has 2 atom stereocenters. The van der Waals surface area contributed by atoms with Crippen molar-refractivity contribution in [3.63, 3.8) is 0 Å². The molecule has 180 valence electrons. The molecule has 0 aliphatic heterocycles. The molecule has 1 aliphatic carbocycles. The molecule has 1 aliphatic rings. The summed E-state index contributed by atoms with van der Waals surface area (Å²) in [5.74, 6) is -0.175. The molecular formula is C23H26Cl2N6O2S. The predicted molar refractivity (Wildman–Crippen MR) is 132 cm³/mol. The summed E-state index contributed by atoms with van der Waals surface area (Å²) in [6.45, 7) is 4.47. The second-order valence-electron chi connectivity index (χ2n) is 8.56. The highest BCUT2D eigenvalue weighted by Crippen LogP contribution is 2.29. The number of amides is 2. The van der Waals surface area contributed by atoms with Gasteiger partial charge in [0.1, 0.15) is 4.34 Å². The van der Waals surface area contributed by atoms with Crippen LogP contribution in [-0.2, 0) is 6.54 Å². The third kappa shape index (κ3) is 5.59. The normalized spacial score (nSPS) is 15.8. The Bertz CT molecular complexity index is 1140. The summed E-state index contributed by atoms with van der Waals surface area (Å²) in [7, 11) is 0. The van der Waals surface area contributed by atoms with Gasteiger partial charge in [-0.15, -0.1) is 5.10 Å². The van der Waals surface area contributed by atoms with Crippen molar-refractivity contribution in [3.05, 3.63) is 61.8 Å². The van der Waals surface area contributed by atoms with Gasteiger partial charge >= 0.3 is 0 Å². The van der Waals surface area contributed by atoms with E-state index in [4.69, 9.17) is 23.2 Å². The molecule has 34 heavy (non-hydrogen) atoms. The maximum Gasteiger partial charge on any atom is 0.280 e. The summed E-state index contributed by atoms with van der Waals surface area (Å²) in [5.41, 5.74) is 1.87. The van der Waals surface area contributed by atoms with Crippen LogP contribution in [0.2, 0.25) is 9.49 Å². The molecule has 0 spiro atoms. The first kappa shape index (κ1) is 24.6. The van der Waals surface area contributed by atoms with Crippen molar-refractivity contribution in [1.29, 1.82) is 0 Å². The van der Waals surface area contributed by atoms with Crippen LogP contribution in [0.4, 0.5) is 0 Å². The van der Waals surface area contributed by atoms with Crippen molar-refractivity contribution < 1.29 is 9.59 Å². The standard InChI is InChI=1S/C23H26Cl2N6O2S/c1-13(26-21(32)18-14(2)31(30-29-18)12-15-8-6-7-9-15)17(16-10-4-3-5-11-16)27-22(33)23-28-19(24)20(25)34-23/h3-5,10-11,13,15,17H,6-9,12H2,1-2H3,(H,26,32)(H,27,33). The number of halogens is 2. The van der Waals surface area contributed by atoms with Gasteiger partial charge in [-0.1, -0.05) is 82.9 Å². The Kier molecular flexibility index (Phi) is 7.85. The fraction of sp³-hybridized carbons (Fsp3) is 0.435. The smallest absolute Gasteiger partial charge is 0.280 e. The number of nitrogens with one attached hydrogen (secondary N) is 2. The van der Waals surface area contributed by atoms with Crippen LogP contribution in [0.3, 0.4) is 0 Å². The second kappa shape index (κ2) is 10.8. The van der Waals surface area contributed by atoms with E-state index >= 15 is 0 Å². The van der Waals surface area contributed by atoms with Gasteiger partial charge in [-0.2, -0.15) is 0 Å². The average Bonchev–Trinajstić information content (AvgIpc) is 3.55. The lowest BCUT2D eigenvalue weighted by molar-refractivity contribution is 0.0883. The fourth-order valence-electron chi connectivity index (χ4n) is 4.28. The van der Waals surface area contributed by atoms with Crippen LogP contribution in [-0.4, -0.2) is 37.8 Å². The summed E-state index contributed by atoms with van der Waals surface area (Å²) >= 11 is 12.9. The zero-order valence-corrected chi connectivity index (χ0v) is 21.3. The number of hydrogen-bond acceptors (Lipinski definition) is 6. The number of thiazole rings is 1. The van der Waals surface area contributed by atoms with Gasteiger partial charge in [0.2, 0.25) is 0 Å². The van der Waals surface area contributed by atoms with E-state index in [1.54, 1.807) is 0 Å². The van der Waals surface area contributed by atoms with E-state index in [-0.39, 0.29) is 20.4 Å². The predicted octanol–water partition coefficient (Wildman–Crippen LogP) is 4.83. The van der Waals surface area contributed by atoms with Gasteiger partial charge in [-0.05, 0) is 38.2 Å². The Balaban J connectivity index is 1.49. The highest BCUT2D eigenvalue weighted by molar-refractivity contribution is 7.18. The summed E-state index contributed by atoms with van der Waals surface area (Å²) in [4.78, 5) is 30.0. The Morgan fingerprint density at radius 1 is 1.15 bits per heavy atom. The third-order valence-electron chi connectivity index (χ3n) is 6.15. The highest BCUT2D eigenvalue weighted by atomic mass is 35.5. The first-order chi connectivity index (χ1) is 16.3. The van der Waals surface area contributed by atoms with Crippen LogP contribution in [0, 0.1) is 12.8 Å². The average molecular weight is 521 g/mol. The summed E-state index contributed by atoms with van der Waals surface area (Å²) in [6.07, 6.45) is 4.86. The van der Waals surface area contributed by atoms with Crippen molar-refractivity contribution in [1.82, 2.24) is 30.6 Å². The van der Waals surface area contributed by atoms with Crippen molar-refractivity contribution >= 4 is 46.4 Å². The molecule has 4 rings (SSSR count). The fourth-order valence-corrected chi connectivity index (χ4v) is 5.38. The molecule has 8 nitrogen and oxygen atoms in total. The van der Waals surface area contributed by atoms with E-state index in [1.165, 1.54) is 25.7 Å². The maximum atomic E-state index is 13.1. The van der Waals surface area contributed by atoms with Crippen LogP contribution < -0.4 is 10.6 Å². The highest BCUT2D eigenvalue weighted by Gasteiger charge is 2.28. The zero-order chi connectivity index (χ0) is 24.2. The van der Waals surface area contributed by atoms with Gasteiger partial charge in [-0.3, -0.25) is 9.59 Å². The second-order valence-corrected chi connectivity index (χ2v) is 10.5. The topological polar surface area (TPSA) is 102 Å². The number of hydrogen-bond donors (Lipinski definition) is 2. The maximum absolute atomic E-state index is 13.1. The van der Waals surface area contributed by atoms with Crippen molar-refractivity contribution in [3.8, 4) is 0 Å². The molecule has 0 saturated heterocycles. The van der Waals surface area contributed by atoms with Gasteiger partial charge in [-0.25, -0.2) is 9.67 Å². The van der Waals surface area contributed by atoms with Crippen LogP contribution in [0.5, 0.6) is 0 Å². The number of carbonyl (C=O) groups excluding carboxylic acids is 2. The van der Waals surface area contributed by atoms with Crippen LogP contribution >= 0.6 is 34.5 Å². The molecule has 0 radical (unpaired) electrons. The number of benzene rings is 1. The van der Waals surface area contributed by atoms with Crippen molar-refractivity contribution in [2.24, 2.45) is 5.92 Å². The largest absolute Gasteiger partial charge is 0.346 e. The lowest BCUT2D eigenvalue weighted by Gasteiger charge is -2.26. The molecular weight excluding hydrogens is 495 g/mol. The molecule has 2 unspecified atom stereocenters. The van der Waals surface area contributed by atoms with Gasteiger partial charge in [0, 0.05) is 6.54 Å². The SMILES string of the molecule is Cc1c(C(=O)NC(C)C(NC(=O)c2nc(Cl)c(Cl)s2)c2ccccc2)nnn1CC1CCCC1. The third-order valence-corrected chi connectivity index (χ3v) is 7.89. The minimum absolute atomic E-state index is 0.0885. The van der Waals surface area contributed by atoms with Crippen LogP contribution in [0.25, 0.3) is 0 Å². The molecule has 2 heterocycles. The first-order valence-electron chi connectivity index (χ1n) is 11.2. The van der Waals surface area contributed by atoms with E-state index in [9.17, 15) is 9.59 Å². The minimum Gasteiger partial charge on any atom is -0.346 e. The van der Waals surface area contributed by atoms with E-state index in [0.717, 1.165) is 29.1 Å². The lowest BCUT2D eigenvalue weighted by atomic mass is 10.00. The van der Waals surface area contributed by atoms with E-state index < -0.39 is 18.0 Å². The Hall–Kier alpha value is -2.49. The zero-order valence-electron chi connectivity index (χ0n) is 18.9. The summed E-state index contributed by atoms with van der Waals surface area (Å²) in [6, 6.07) is 8.43. The van der Waals surface area contributed by atoms with Crippen molar-refractivity contribution in [2.45, 2.75) is 58.2 Å². The molecule has 2 amide bonds. The Morgan fingerprint density at radius 2 is 1.85 bits per heavy atom. The van der Waals surface area contributed by atoms with Gasteiger partial charge in [0.15, 0.2) is 15.9 Å². The Labute approximate surface area is 212 Å². The first-order valence-corrected chi connectivity index (χ1v) is 12.8. The molecule has 2 N–H and O–H groups in total. The molecule has 0 bridgehead atoms.